The van der Waals surface area contributed by atoms with Crippen molar-refractivity contribution in [3.05, 3.63) is 34.6 Å². The molecule has 0 aliphatic carbocycles. The van der Waals surface area contributed by atoms with Crippen LogP contribution < -0.4 is 11.3 Å². The molecule has 0 spiro atoms. The molecule has 1 fully saturated rings. The predicted molar refractivity (Wildman–Crippen MR) is 86.9 cm³/mol. The largest absolute Gasteiger partial charge is 0.369 e. The van der Waals surface area contributed by atoms with Crippen molar-refractivity contribution in [2.75, 3.05) is 6.54 Å². The molecule has 2 amide bonds. The lowest BCUT2D eigenvalue weighted by Gasteiger charge is -2.36. The van der Waals surface area contributed by atoms with Crippen molar-refractivity contribution >= 4 is 22.7 Å². The molecule has 24 heavy (non-hydrogen) atoms. The topological polar surface area (TPSA) is 111 Å². The van der Waals surface area contributed by atoms with Crippen LogP contribution in [-0.2, 0) is 16.1 Å². The zero-order valence-corrected chi connectivity index (χ0v) is 13.4. The van der Waals surface area contributed by atoms with Gasteiger partial charge in [-0.15, -0.1) is 5.10 Å². The van der Waals surface area contributed by atoms with Gasteiger partial charge in [-0.05, 0) is 31.9 Å². The summed E-state index contributed by atoms with van der Waals surface area (Å²) in [7, 11) is 0. The maximum Gasteiger partial charge on any atom is 0.278 e. The Hall–Kier alpha value is -2.77. The fraction of sp³-hybridized carbons (Fsp3) is 0.438. The lowest BCUT2D eigenvalue weighted by atomic mass is 9.93. The summed E-state index contributed by atoms with van der Waals surface area (Å²) in [5, 5.41) is 8.22. The third kappa shape index (κ3) is 2.99. The number of amides is 2. The molecular weight excluding hydrogens is 310 g/mol. The standard InChI is InChI=1S/C16H19N5O3/c1-10-6-7-11(15(17)23)8-20(10)14(22)9-21-16(24)12-4-2-3-5-13(12)18-19-21/h2-5,10-11H,6-9H2,1H3,(H2,17,23)/t10-,11+/m0/s1. The number of hydrogen-bond donors (Lipinski definition) is 1. The molecule has 2 heterocycles. The Balaban J connectivity index is 1.83. The number of hydrogen-bond acceptors (Lipinski definition) is 5. The molecular formula is C16H19N5O3. The monoisotopic (exact) mass is 329 g/mol. The summed E-state index contributed by atoms with van der Waals surface area (Å²) in [4.78, 5) is 38.0. The van der Waals surface area contributed by atoms with Gasteiger partial charge in [0.2, 0.25) is 11.8 Å². The van der Waals surface area contributed by atoms with E-state index < -0.39 is 5.91 Å². The Bertz CT molecular complexity index is 847. The molecule has 2 aromatic rings. The van der Waals surface area contributed by atoms with Crippen LogP contribution in [0.3, 0.4) is 0 Å². The van der Waals surface area contributed by atoms with Gasteiger partial charge in [-0.25, -0.2) is 4.68 Å². The van der Waals surface area contributed by atoms with E-state index in [4.69, 9.17) is 5.73 Å². The van der Waals surface area contributed by atoms with Crippen LogP contribution >= 0.6 is 0 Å². The lowest BCUT2D eigenvalue weighted by molar-refractivity contribution is -0.138. The number of nitrogens with zero attached hydrogens (tertiary/aromatic N) is 4. The number of carbonyl (C=O) groups excluding carboxylic acids is 2. The summed E-state index contributed by atoms with van der Waals surface area (Å²) in [6, 6.07) is 6.85. The van der Waals surface area contributed by atoms with Gasteiger partial charge in [0.1, 0.15) is 12.1 Å². The first kappa shape index (κ1) is 16.1. The molecule has 1 saturated heterocycles. The Morgan fingerprint density at radius 3 is 2.79 bits per heavy atom. The number of aromatic nitrogens is 3. The molecule has 1 aromatic heterocycles. The summed E-state index contributed by atoms with van der Waals surface area (Å²) in [6.45, 7) is 2.00. The Morgan fingerprint density at radius 1 is 1.29 bits per heavy atom. The second-order valence-corrected chi connectivity index (χ2v) is 6.14. The molecule has 1 aliphatic rings. The zero-order valence-electron chi connectivity index (χ0n) is 13.4. The zero-order chi connectivity index (χ0) is 17.3. The van der Waals surface area contributed by atoms with Crippen LogP contribution in [0.5, 0.6) is 0 Å². The molecule has 0 saturated carbocycles. The molecule has 1 aliphatic heterocycles. The minimum atomic E-state index is -0.401. The van der Waals surface area contributed by atoms with Crippen LogP contribution in [0, 0.1) is 5.92 Å². The van der Waals surface area contributed by atoms with Crippen molar-refractivity contribution < 1.29 is 9.59 Å². The molecule has 0 bridgehead atoms. The second-order valence-electron chi connectivity index (χ2n) is 6.14. The van der Waals surface area contributed by atoms with Gasteiger partial charge in [-0.2, -0.15) is 0 Å². The van der Waals surface area contributed by atoms with Gasteiger partial charge in [-0.1, -0.05) is 17.3 Å². The number of piperidine rings is 1. The van der Waals surface area contributed by atoms with Crippen molar-refractivity contribution in [3.63, 3.8) is 0 Å². The van der Waals surface area contributed by atoms with Crippen LogP contribution in [0.1, 0.15) is 19.8 Å². The third-order valence-electron chi connectivity index (χ3n) is 4.52. The van der Waals surface area contributed by atoms with Crippen molar-refractivity contribution in [3.8, 4) is 0 Å². The Kier molecular flexibility index (Phi) is 4.28. The number of fused-ring (bicyclic) bond motifs is 1. The van der Waals surface area contributed by atoms with E-state index in [0.717, 1.165) is 4.68 Å². The number of likely N-dealkylation sites (tertiary alicyclic amines) is 1. The SMILES string of the molecule is C[C@H]1CC[C@@H](C(N)=O)CN1C(=O)Cn1nnc2ccccc2c1=O. The van der Waals surface area contributed by atoms with Crippen LogP contribution in [0.2, 0.25) is 0 Å². The van der Waals surface area contributed by atoms with Gasteiger partial charge in [0.25, 0.3) is 5.56 Å². The normalized spacial score (nSPS) is 21.0. The average molecular weight is 329 g/mol. The first-order valence-electron chi connectivity index (χ1n) is 7.88. The first-order chi connectivity index (χ1) is 11.5. The highest BCUT2D eigenvalue weighted by atomic mass is 16.2. The van der Waals surface area contributed by atoms with E-state index in [2.05, 4.69) is 10.3 Å². The first-order valence-corrected chi connectivity index (χ1v) is 7.88. The van der Waals surface area contributed by atoms with E-state index in [0.29, 0.717) is 23.7 Å². The van der Waals surface area contributed by atoms with Crippen molar-refractivity contribution in [1.29, 1.82) is 0 Å². The maximum atomic E-state index is 12.6. The highest BCUT2D eigenvalue weighted by Crippen LogP contribution is 2.21. The lowest BCUT2D eigenvalue weighted by Crippen LogP contribution is -2.50. The van der Waals surface area contributed by atoms with Crippen LogP contribution in [0.15, 0.2) is 29.1 Å². The van der Waals surface area contributed by atoms with Crippen molar-refractivity contribution in [2.45, 2.75) is 32.4 Å². The fourth-order valence-corrected chi connectivity index (χ4v) is 3.03. The van der Waals surface area contributed by atoms with Gasteiger partial charge >= 0.3 is 0 Å². The number of nitrogens with two attached hydrogens (primary N) is 1. The van der Waals surface area contributed by atoms with E-state index in [1.165, 1.54) is 0 Å². The van der Waals surface area contributed by atoms with Crippen LogP contribution in [-0.4, -0.2) is 44.3 Å². The number of rotatable bonds is 3. The van der Waals surface area contributed by atoms with Gasteiger partial charge in [-0.3, -0.25) is 14.4 Å². The van der Waals surface area contributed by atoms with Gasteiger partial charge in [0.15, 0.2) is 0 Å². The van der Waals surface area contributed by atoms with Gasteiger partial charge < -0.3 is 10.6 Å². The summed E-state index contributed by atoms with van der Waals surface area (Å²) in [5.41, 5.74) is 5.50. The number of carbonyl (C=O) groups is 2. The molecule has 3 rings (SSSR count). The summed E-state index contributed by atoms with van der Waals surface area (Å²) < 4.78 is 1.06. The fourth-order valence-electron chi connectivity index (χ4n) is 3.03. The van der Waals surface area contributed by atoms with E-state index in [1.807, 2.05) is 6.92 Å². The molecule has 0 unspecified atom stereocenters. The molecule has 8 nitrogen and oxygen atoms in total. The summed E-state index contributed by atoms with van der Waals surface area (Å²) in [6.07, 6.45) is 1.38. The van der Waals surface area contributed by atoms with Crippen molar-refractivity contribution in [2.24, 2.45) is 11.7 Å². The van der Waals surface area contributed by atoms with E-state index in [9.17, 15) is 14.4 Å². The highest BCUT2D eigenvalue weighted by Gasteiger charge is 2.31. The quantitative estimate of drug-likeness (QED) is 0.845. The molecule has 1 aromatic carbocycles. The predicted octanol–water partition coefficient (Wildman–Crippen LogP) is -0.0961. The molecule has 8 heteroatoms. The minimum Gasteiger partial charge on any atom is -0.369 e. The Labute approximate surface area is 138 Å². The molecule has 2 N–H and O–H groups in total. The minimum absolute atomic E-state index is 0.00258. The molecule has 126 valence electrons. The summed E-state index contributed by atoms with van der Waals surface area (Å²) >= 11 is 0. The number of benzene rings is 1. The average Bonchev–Trinajstić information content (AvgIpc) is 2.57. The van der Waals surface area contributed by atoms with Crippen LogP contribution in [0.25, 0.3) is 10.9 Å². The number of primary amides is 1. The van der Waals surface area contributed by atoms with Gasteiger partial charge in [0.05, 0.1) is 11.3 Å². The summed E-state index contributed by atoms with van der Waals surface area (Å²) in [5.74, 6) is -1.01. The Morgan fingerprint density at radius 2 is 2.04 bits per heavy atom. The smallest absolute Gasteiger partial charge is 0.278 e. The third-order valence-corrected chi connectivity index (χ3v) is 4.52. The molecule has 2 atom stereocenters. The van der Waals surface area contributed by atoms with Crippen molar-refractivity contribution in [1.82, 2.24) is 19.9 Å². The second kappa shape index (κ2) is 6.38. The van der Waals surface area contributed by atoms with Gasteiger partial charge in [0, 0.05) is 12.6 Å². The van der Waals surface area contributed by atoms with Crippen LogP contribution in [0.4, 0.5) is 0 Å². The van der Waals surface area contributed by atoms with E-state index in [1.54, 1.807) is 29.2 Å². The molecule has 0 radical (unpaired) electrons. The highest BCUT2D eigenvalue weighted by molar-refractivity contribution is 5.81. The van der Waals surface area contributed by atoms with E-state index >= 15 is 0 Å². The van der Waals surface area contributed by atoms with E-state index in [-0.39, 0.29) is 36.5 Å². The maximum absolute atomic E-state index is 12.6.